The molecule has 0 spiro atoms. The molecule has 2 nitrogen and oxygen atoms in total. The first-order chi connectivity index (χ1) is 10.2. The van der Waals surface area contributed by atoms with Crippen LogP contribution in [0.25, 0.3) is 0 Å². The zero-order valence-corrected chi connectivity index (χ0v) is 13.1. The summed E-state index contributed by atoms with van der Waals surface area (Å²) >= 11 is 0. The van der Waals surface area contributed by atoms with Gasteiger partial charge in [-0.1, -0.05) is 30.2 Å². The summed E-state index contributed by atoms with van der Waals surface area (Å²) in [5, 5.41) is 3.37. The maximum absolute atomic E-state index is 14.3. The Bertz CT molecular complexity index is 453. The molecule has 1 N–H and O–H groups in total. The van der Waals surface area contributed by atoms with Crippen LogP contribution in [0.2, 0.25) is 0 Å². The fourth-order valence-electron chi connectivity index (χ4n) is 3.07. The second-order valence-electron chi connectivity index (χ2n) is 5.90. The number of unbranched alkanes of at least 4 members (excludes halogenated alkanes) is 2. The second-order valence-corrected chi connectivity index (χ2v) is 5.90. The van der Waals surface area contributed by atoms with Crippen molar-refractivity contribution in [2.45, 2.75) is 38.6 Å². The molecule has 0 saturated carbocycles. The highest BCUT2D eigenvalue weighted by Gasteiger charge is 2.24. The van der Waals surface area contributed by atoms with Gasteiger partial charge in [0.15, 0.2) is 0 Å². The Morgan fingerprint density at radius 1 is 1.33 bits per heavy atom. The number of nitrogens with zero attached hydrogens (tertiary/aromatic N) is 1. The summed E-state index contributed by atoms with van der Waals surface area (Å²) in [4.78, 5) is 2.43. The molecule has 1 aliphatic heterocycles. The van der Waals surface area contributed by atoms with E-state index in [1.807, 2.05) is 25.1 Å². The molecule has 0 bridgehead atoms. The van der Waals surface area contributed by atoms with Crippen LogP contribution < -0.4 is 5.32 Å². The number of hydrogen-bond acceptors (Lipinski definition) is 2. The molecular formula is C18H27FN2. The predicted molar refractivity (Wildman–Crippen MR) is 87.0 cm³/mol. The summed E-state index contributed by atoms with van der Waals surface area (Å²) in [6.07, 6.45) is 6.29. The van der Waals surface area contributed by atoms with Gasteiger partial charge in [-0.25, -0.2) is 4.39 Å². The monoisotopic (exact) mass is 290 g/mol. The van der Waals surface area contributed by atoms with E-state index in [0.717, 1.165) is 63.0 Å². The van der Waals surface area contributed by atoms with Crippen molar-refractivity contribution in [1.29, 1.82) is 0 Å². The van der Waals surface area contributed by atoms with Crippen LogP contribution in [-0.2, 0) is 0 Å². The van der Waals surface area contributed by atoms with Crippen LogP contribution in [0.5, 0.6) is 0 Å². The first-order valence-corrected chi connectivity index (χ1v) is 8.04. The van der Waals surface area contributed by atoms with E-state index in [1.54, 1.807) is 6.07 Å². The van der Waals surface area contributed by atoms with E-state index >= 15 is 0 Å². The Labute approximate surface area is 128 Å². The summed E-state index contributed by atoms with van der Waals surface area (Å²) in [7, 11) is 0. The van der Waals surface area contributed by atoms with Crippen molar-refractivity contribution in [1.82, 2.24) is 10.2 Å². The van der Waals surface area contributed by atoms with Gasteiger partial charge in [-0.05, 0) is 32.3 Å². The molecule has 0 amide bonds. The molecule has 1 aliphatic rings. The fraction of sp³-hybridized carbons (Fsp3) is 0.556. The zero-order valence-electron chi connectivity index (χ0n) is 13.1. The van der Waals surface area contributed by atoms with Crippen LogP contribution in [0.4, 0.5) is 4.39 Å². The van der Waals surface area contributed by atoms with Crippen LogP contribution in [0.1, 0.15) is 42.9 Å². The predicted octanol–water partition coefficient (Wildman–Crippen LogP) is 3.83. The Kier molecular flexibility index (Phi) is 6.40. The van der Waals surface area contributed by atoms with E-state index in [2.05, 4.69) is 16.8 Å². The number of aryl methyl sites for hydroxylation is 1. The number of rotatable bonds is 7. The molecule has 1 aromatic carbocycles. The summed E-state index contributed by atoms with van der Waals surface area (Å²) in [5.74, 6) is -0.0622. The van der Waals surface area contributed by atoms with Crippen molar-refractivity contribution in [3.05, 3.63) is 47.8 Å². The van der Waals surface area contributed by atoms with Crippen molar-refractivity contribution >= 4 is 0 Å². The average molecular weight is 290 g/mol. The largest absolute Gasteiger partial charge is 0.314 e. The van der Waals surface area contributed by atoms with E-state index in [0.29, 0.717) is 0 Å². The highest BCUT2D eigenvalue weighted by molar-refractivity contribution is 5.27. The standard InChI is InChI=1S/C18H27FN2/c1-3-4-5-6-7-18(21-12-10-20-11-13-21)16-14-15(2)8-9-17(16)19/h3,8-9,14,18,20H,1,4-7,10-13H2,2H3/t18-/m0/s1. The molecular weight excluding hydrogens is 263 g/mol. The van der Waals surface area contributed by atoms with Gasteiger partial charge in [0.25, 0.3) is 0 Å². The molecule has 0 unspecified atom stereocenters. The molecule has 0 radical (unpaired) electrons. The van der Waals surface area contributed by atoms with Crippen LogP contribution in [0, 0.1) is 12.7 Å². The lowest BCUT2D eigenvalue weighted by Gasteiger charge is -2.35. The quantitative estimate of drug-likeness (QED) is 0.606. The number of benzene rings is 1. The van der Waals surface area contributed by atoms with Crippen LogP contribution >= 0.6 is 0 Å². The van der Waals surface area contributed by atoms with E-state index in [9.17, 15) is 4.39 Å². The second kappa shape index (κ2) is 8.30. The van der Waals surface area contributed by atoms with Crippen molar-refractivity contribution in [3.8, 4) is 0 Å². The molecule has 0 aliphatic carbocycles. The van der Waals surface area contributed by atoms with Gasteiger partial charge in [0.05, 0.1) is 0 Å². The van der Waals surface area contributed by atoms with Gasteiger partial charge in [0.1, 0.15) is 5.82 Å². The number of hydrogen-bond donors (Lipinski definition) is 1. The molecule has 3 heteroatoms. The van der Waals surface area contributed by atoms with Gasteiger partial charge in [-0.2, -0.15) is 0 Å². The zero-order chi connectivity index (χ0) is 15.1. The van der Waals surface area contributed by atoms with Gasteiger partial charge < -0.3 is 5.32 Å². The first-order valence-electron chi connectivity index (χ1n) is 8.04. The van der Waals surface area contributed by atoms with Gasteiger partial charge in [-0.3, -0.25) is 4.90 Å². The van der Waals surface area contributed by atoms with Crippen LogP contribution in [0.15, 0.2) is 30.9 Å². The minimum absolute atomic E-state index is 0.0622. The Morgan fingerprint density at radius 3 is 2.81 bits per heavy atom. The molecule has 1 atom stereocenters. The first kappa shape index (κ1) is 16.2. The molecule has 1 heterocycles. The molecule has 1 saturated heterocycles. The van der Waals surface area contributed by atoms with Crippen LogP contribution in [0.3, 0.4) is 0 Å². The molecule has 1 aromatic rings. The van der Waals surface area contributed by atoms with Crippen molar-refractivity contribution in [3.63, 3.8) is 0 Å². The van der Waals surface area contributed by atoms with E-state index < -0.39 is 0 Å². The van der Waals surface area contributed by atoms with E-state index in [1.165, 1.54) is 0 Å². The third kappa shape index (κ3) is 4.65. The molecule has 116 valence electrons. The maximum Gasteiger partial charge on any atom is 0.128 e. The summed E-state index contributed by atoms with van der Waals surface area (Å²) < 4.78 is 14.3. The highest BCUT2D eigenvalue weighted by atomic mass is 19.1. The molecule has 0 aromatic heterocycles. The fourth-order valence-corrected chi connectivity index (χ4v) is 3.07. The number of allylic oxidation sites excluding steroid dienone is 1. The van der Waals surface area contributed by atoms with Crippen molar-refractivity contribution in [2.24, 2.45) is 0 Å². The minimum Gasteiger partial charge on any atom is -0.314 e. The summed E-state index contributed by atoms with van der Waals surface area (Å²) in [6, 6.07) is 5.70. The SMILES string of the molecule is C=CCCCC[C@@H](c1cc(C)ccc1F)N1CCNCC1. The third-order valence-electron chi connectivity index (χ3n) is 4.24. The molecule has 21 heavy (non-hydrogen) atoms. The number of piperazine rings is 1. The Morgan fingerprint density at radius 2 is 2.10 bits per heavy atom. The topological polar surface area (TPSA) is 15.3 Å². The Balaban J connectivity index is 2.13. The maximum atomic E-state index is 14.3. The average Bonchev–Trinajstić information content (AvgIpc) is 2.51. The summed E-state index contributed by atoms with van der Waals surface area (Å²) in [5.41, 5.74) is 2.01. The lowest BCUT2D eigenvalue weighted by atomic mass is 9.96. The number of nitrogens with one attached hydrogen (secondary N) is 1. The lowest BCUT2D eigenvalue weighted by Crippen LogP contribution is -2.45. The lowest BCUT2D eigenvalue weighted by molar-refractivity contribution is 0.159. The van der Waals surface area contributed by atoms with E-state index in [4.69, 9.17) is 0 Å². The van der Waals surface area contributed by atoms with E-state index in [-0.39, 0.29) is 11.9 Å². The number of halogens is 1. The highest BCUT2D eigenvalue weighted by Crippen LogP contribution is 2.29. The van der Waals surface area contributed by atoms with Gasteiger partial charge in [0, 0.05) is 37.8 Å². The third-order valence-corrected chi connectivity index (χ3v) is 4.24. The van der Waals surface area contributed by atoms with Crippen molar-refractivity contribution < 1.29 is 4.39 Å². The smallest absolute Gasteiger partial charge is 0.128 e. The molecule has 1 fully saturated rings. The van der Waals surface area contributed by atoms with Gasteiger partial charge in [-0.15, -0.1) is 6.58 Å². The van der Waals surface area contributed by atoms with Crippen molar-refractivity contribution in [2.75, 3.05) is 26.2 Å². The normalized spacial score (nSPS) is 17.6. The minimum atomic E-state index is -0.0622. The van der Waals surface area contributed by atoms with Crippen LogP contribution in [-0.4, -0.2) is 31.1 Å². The Hall–Kier alpha value is -1.19. The van der Waals surface area contributed by atoms with Gasteiger partial charge >= 0.3 is 0 Å². The molecule has 2 rings (SSSR count). The van der Waals surface area contributed by atoms with Gasteiger partial charge in [0.2, 0.25) is 0 Å². The summed E-state index contributed by atoms with van der Waals surface area (Å²) in [6.45, 7) is 9.80.